The molecular weight excluding hydrogens is 542 g/mol. The van der Waals surface area contributed by atoms with E-state index in [4.69, 9.17) is 18.6 Å². The van der Waals surface area contributed by atoms with Crippen molar-refractivity contribution in [2.24, 2.45) is 0 Å². The molecule has 1 atom stereocenters. The third-order valence-corrected chi connectivity index (χ3v) is 6.72. The summed E-state index contributed by atoms with van der Waals surface area (Å²) in [6, 6.07) is 16.2. The molecule has 0 spiro atoms. The van der Waals surface area contributed by atoms with E-state index in [9.17, 15) is 9.59 Å². The Morgan fingerprint density at radius 1 is 1.00 bits per heavy atom. The van der Waals surface area contributed by atoms with Gasteiger partial charge in [-0.05, 0) is 60.9 Å². The number of ether oxygens (including phenoxy) is 3. The number of amides is 3. The molecule has 2 aliphatic heterocycles. The average Bonchev–Trinajstić information content (AvgIpc) is 3.66. The smallest absolute Gasteiger partial charge is 0.322 e. The summed E-state index contributed by atoms with van der Waals surface area (Å²) >= 11 is 3.43. The van der Waals surface area contributed by atoms with Crippen molar-refractivity contribution in [3.05, 3.63) is 76.7 Å². The highest BCUT2D eigenvalue weighted by molar-refractivity contribution is 9.10. The van der Waals surface area contributed by atoms with Crippen LogP contribution >= 0.6 is 15.9 Å². The first-order valence-electron chi connectivity index (χ1n) is 12.2. The Morgan fingerprint density at radius 2 is 1.89 bits per heavy atom. The van der Waals surface area contributed by atoms with Gasteiger partial charge in [0.05, 0.1) is 18.9 Å². The SMILES string of the molecule is O=C(CN(CC1CCCO1)C(=O)Nc1cccc(Br)c1)N(Cc1ccc2c(c1)OCO2)Cc1ccco1. The second kappa shape index (κ2) is 11.7. The van der Waals surface area contributed by atoms with E-state index in [2.05, 4.69) is 21.2 Å². The minimum absolute atomic E-state index is 0.103. The zero-order valence-corrected chi connectivity index (χ0v) is 21.8. The van der Waals surface area contributed by atoms with Crippen molar-refractivity contribution >= 4 is 33.6 Å². The zero-order valence-electron chi connectivity index (χ0n) is 20.2. The molecule has 0 radical (unpaired) electrons. The van der Waals surface area contributed by atoms with E-state index in [1.54, 1.807) is 23.3 Å². The summed E-state index contributed by atoms with van der Waals surface area (Å²) in [5, 5.41) is 2.91. The lowest BCUT2D eigenvalue weighted by Gasteiger charge is -2.29. The van der Waals surface area contributed by atoms with Crippen LogP contribution in [0.3, 0.4) is 0 Å². The molecule has 2 aromatic carbocycles. The molecule has 5 rings (SSSR count). The lowest BCUT2D eigenvalue weighted by atomic mass is 10.1. The van der Waals surface area contributed by atoms with E-state index in [0.717, 1.165) is 22.9 Å². The summed E-state index contributed by atoms with van der Waals surface area (Å²) in [4.78, 5) is 30.2. The number of anilines is 1. The largest absolute Gasteiger partial charge is 0.467 e. The van der Waals surface area contributed by atoms with Crippen LogP contribution in [0.5, 0.6) is 11.5 Å². The molecule has 1 fully saturated rings. The Balaban J connectivity index is 1.33. The predicted octanol–water partition coefficient (Wildman–Crippen LogP) is 5.01. The quantitative estimate of drug-likeness (QED) is 0.389. The van der Waals surface area contributed by atoms with Gasteiger partial charge in [0.2, 0.25) is 12.7 Å². The van der Waals surface area contributed by atoms with Gasteiger partial charge in [-0.15, -0.1) is 0 Å². The zero-order chi connectivity index (χ0) is 25.6. The van der Waals surface area contributed by atoms with Gasteiger partial charge >= 0.3 is 6.03 Å². The normalized spacial score (nSPS) is 16.0. The number of benzene rings is 2. The molecule has 10 heteroatoms. The van der Waals surface area contributed by atoms with E-state index in [1.165, 1.54) is 4.90 Å². The number of nitrogens with one attached hydrogen (secondary N) is 1. The number of hydrogen-bond donors (Lipinski definition) is 1. The van der Waals surface area contributed by atoms with Gasteiger partial charge in [-0.1, -0.05) is 28.1 Å². The summed E-state index contributed by atoms with van der Waals surface area (Å²) in [6.45, 7) is 1.64. The molecule has 0 saturated carbocycles. The lowest BCUT2D eigenvalue weighted by molar-refractivity contribution is -0.133. The van der Waals surface area contributed by atoms with Gasteiger partial charge in [-0.3, -0.25) is 4.79 Å². The molecule has 1 unspecified atom stereocenters. The Kier molecular flexibility index (Phi) is 7.96. The van der Waals surface area contributed by atoms with Crippen LogP contribution in [-0.4, -0.2) is 54.3 Å². The van der Waals surface area contributed by atoms with Gasteiger partial charge in [0.1, 0.15) is 12.3 Å². The molecule has 37 heavy (non-hydrogen) atoms. The van der Waals surface area contributed by atoms with Gasteiger partial charge in [0.15, 0.2) is 11.5 Å². The van der Waals surface area contributed by atoms with Crippen LogP contribution < -0.4 is 14.8 Å². The number of carbonyl (C=O) groups excluding carboxylic acids is 2. The summed E-state index contributed by atoms with van der Waals surface area (Å²) in [5.74, 6) is 1.77. The van der Waals surface area contributed by atoms with Gasteiger partial charge in [-0.25, -0.2) is 4.79 Å². The van der Waals surface area contributed by atoms with E-state index in [1.807, 2.05) is 42.5 Å². The van der Waals surface area contributed by atoms with Crippen LogP contribution in [0.2, 0.25) is 0 Å². The van der Waals surface area contributed by atoms with E-state index in [-0.39, 0.29) is 37.9 Å². The lowest BCUT2D eigenvalue weighted by Crippen LogP contribution is -2.46. The Hall–Kier alpha value is -3.50. The standard InChI is InChI=1S/C27H28BrN3O6/c28-20-4-1-5-21(13-20)29-27(33)31(16-23-7-3-11-35-23)17-26(32)30(15-22-6-2-10-34-22)14-19-8-9-24-25(12-19)37-18-36-24/h1-2,4-6,8-10,12-13,23H,3,7,11,14-18H2,(H,29,33). The third-order valence-electron chi connectivity index (χ3n) is 6.23. The van der Waals surface area contributed by atoms with Crippen molar-refractivity contribution < 1.29 is 28.2 Å². The van der Waals surface area contributed by atoms with Crippen molar-refractivity contribution in [1.29, 1.82) is 0 Å². The molecule has 9 nitrogen and oxygen atoms in total. The summed E-state index contributed by atoms with van der Waals surface area (Å²) in [6.07, 6.45) is 3.26. The molecule has 3 aromatic rings. The molecule has 1 saturated heterocycles. The van der Waals surface area contributed by atoms with Crippen molar-refractivity contribution in [3.8, 4) is 11.5 Å². The molecule has 0 bridgehead atoms. The summed E-state index contributed by atoms with van der Waals surface area (Å²) in [5.41, 5.74) is 1.52. The van der Waals surface area contributed by atoms with E-state index in [0.29, 0.717) is 42.6 Å². The summed E-state index contributed by atoms with van der Waals surface area (Å²) in [7, 11) is 0. The summed E-state index contributed by atoms with van der Waals surface area (Å²) < 4.78 is 23.0. The molecular formula is C27H28BrN3O6. The topological polar surface area (TPSA) is 93.5 Å². The predicted molar refractivity (Wildman–Crippen MR) is 139 cm³/mol. The number of nitrogens with zero attached hydrogens (tertiary/aromatic N) is 2. The molecule has 1 aromatic heterocycles. The maximum atomic E-state index is 13.7. The second-order valence-electron chi connectivity index (χ2n) is 8.97. The number of hydrogen-bond acceptors (Lipinski definition) is 6. The van der Waals surface area contributed by atoms with Crippen LogP contribution in [-0.2, 0) is 22.6 Å². The van der Waals surface area contributed by atoms with Crippen molar-refractivity contribution in [2.45, 2.75) is 32.0 Å². The van der Waals surface area contributed by atoms with Crippen LogP contribution in [0, 0.1) is 0 Å². The van der Waals surface area contributed by atoms with Gasteiger partial charge < -0.3 is 33.7 Å². The van der Waals surface area contributed by atoms with Crippen molar-refractivity contribution in [1.82, 2.24) is 9.80 Å². The van der Waals surface area contributed by atoms with Crippen LogP contribution in [0.15, 0.2) is 69.8 Å². The number of furan rings is 1. The monoisotopic (exact) mass is 569 g/mol. The number of urea groups is 1. The van der Waals surface area contributed by atoms with Gasteiger partial charge in [0, 0.05) is 29.9 Å². The Bertz CT molecular complexity index is 1230. The van der Waals surface area contributed by atoms with E-state index < -0.39 is 0 Å². The maximum absolute atomic E-state index is 13.7. The Labute approximate surface area is 223 Å². The molecule has 0 aliphatic carbocycles. The molecule has 194 valence electrons. The van der Waals surface area contributed by atoms with Gasteiger partial charge in [0.25, 0.3) is 0 Å². The minimum Gasteiger partial charge on any atom is -0.467 e. The molecule has 3 heterocycles. The second-order valence-corrected chi connectivity index (χ2v) is 9.89. The third kappa shape index (κ3) is 6.64. The van der Waals surface area contributed by atoms with Crippen molar-refractivity contribution in [3.63, 3.8) is 0 Å². The highest BCUT2D eigenvalue weighted by Crippen LogP contribution is 2.33. The molecule has 3 amide bonds. The number of fused-ring (bicyclic) bond motifs is 1. The number of halogens is 1. The fraction of sp³-hybridized carbons (Fsp3) is 0.333. The fourth-order valence-corrected chi connectivity index (χ4v) is 4.77. The number of carbonyl (C=O) groups is 2. The highest BCUT2D eigenvalue weighted by atomic mass is 79.9. The van der Waals surface area contributed by atoms with Crippen molar-refractivity contribution in [2.75, 3.05) is 31.8 Å². The van der Waals surface area contributed by atoms with Crippen LogP contribution in [0.25, 0.3) is 0 Å². The van der Waals surface area contributed by atoms with Crippen LogP contribution in [0.1, 0.15) is 24.2 Å². The average molecular weight is 570 g/mol. The highest BCUT2D eigenvalue weighted by Gasteiger charge is 2.27. The van der Waals surface area contributed by atoms with E-state index >= 15 is 0 Å². The first kappa shape index (κ1) is 25.2. The first-order valence-corrected chi connectivity index (χ1v) is 12.9. The van der Waals surface area contributed by atoms with Gasteiger partial charge in [-0.2, -0.15) is 0 Å². The first-order chi connectivity index (χ1) is 18.0. The fourth-order valence-electron chi connectivity index (χ4n) is 4.37. The maximum Gasteiger partial charge on any atom is 0.322 e. The van der Waals surface area contributed by atoms with Crippen LogP contribution in [0.4, 0.5) is 10.5 Å². The number of rotatable bonds is 9. The Morgan fingerprint density at radius 3 is 2.68 bits per heavy atom. The minimum atomic E-state index is -0.358. The molecule has 1 N–H and O–H groups in total. The molecule has 2 aliphatic rings.